The maximum Gasteiger partial charge on any atom is 0.511 e. The second-order valence-electron chi connectivity index (χ2n) is 16.5. The van der Waals surface area contributed by atoms with Crippen LogP contribution in [0.2, 0.25) is 0 Å². The lowest BCUT2D eigenvalue weighted by Gasteiger charge is -2.36. The van der Waals surface area contributed by atoms with E-state index in [9.17, 15) is 28.4 Å². The number of hydrogen-bond acceptors (Lipinski definition) is 9. The van der Waals surface area contributed by atoms with Crippen molar-refractivity contribution in [1.82, 2.24) is 15.2 Å². The third kappa shape index (κ3) is 10.8. The number of likely N-dealkylation sites (tertiary alicyclic amines) is 1. The van der Waals surface area contributed by atoms with Gasteiger partial charge in [0.05, 0.1) is 6.04 Å². The number of esters is 1. The highest BCUT2D eigenvalue weighted by molar-refractivity contribution is 6.01. The van der Waals surface area contributed by atoms with Crippen molar-refractivity contribution in [3.05, 3.63) is 65.9 Å². The quantitative estimate of drug-likeness (QED) is 0.0988. The fraction of sp³-hybridized carbons (Fsp3) is 0.558. The molecule has 14 heteroatoms. The molecule has 3 N–H and O–H groups in total. The van der Waals surface area contributed by atoms with Crippen molar-refractivity contribution >= 4 is 46.6 Å². The number of nitrogens with one attached hydrogen (secondary N) is 3. The molecule has 3 amide bonds. The van der Waals surface area contributed by atoms with Crippen LogP contribution in [0.25, 0.3) is 10.9 Å². The molecule has 57 heavy (non-hydrogen) atoms. The number of halogens is 1. The van der Waals surface area contributed by atoms with Crippen molar-refractivity contribution < 1.29 is 47.3 Å². The highest BCUT2D eigenvalue weighted by Gasteiger charge is 2.45. The van der Waals surface area contributed by atoms with Gasteiger partial charge in [-0.2, -0.15) is 0 Å². The van der Waals surface area contributed by atoms with Crippen molar-refractivity contribution in [2.24, 2.45) is 11.8 Å². The highest BCUT2D eigenvalue weighted by Crippen LogP contribution is 2.39. The van der Waals surface area contributed by atoms with Crippen LogP contribution >= 0.6 is 0 Å². The van der Waals surface area contributed by atoms with Crippen LogP contribution < -0.4 is 10.6 Å². The van der Waals surface area contributed by atoms with Gasteiger partial charge in [0.25, 0.3) is 0 Å². The van der Waals surface area contributed by atoms with Gasteiger partial charge >= 0.3 is 18.2 Å². The normalized spacial score (nSPS) is 22.6. The summed E-state index contributed by atoms with van der Waals surface area (Å²) in [6, 6.07) is 15.0. The minimum atomic E-state index is -1.17. The lowest BCUT2D eigenvalue weighted by molar-refractivity contribution is -0.141. The fourth-order valence-corrected chi connectivity index (χ4v) is 8.41. The van der Waals surface area contributed by atoms with Crippen LogP contribution in [0.15, 0.2) is 54.6 Å². The molecule has 3 aliphatic rings. The third-order valence-corrected chi connectivity index (χ3v) is 11.2. The average molecular weight is 791 g/mol. The Labute approximate surface area is 332 Å². The monoisotopic (exact) mass is 790 g/mol. The van der Waals surface area contributed by atoms with Gasteiger partial charge in [-0.25, -0.2) is 18.8 Å². The first-order valence-corrected chi connectivity index (χ1v) is 20.2. The molecule has 308 valence electrons. The summed E-state index contributed by atoms with van der Waals surface area (Å²) in [6.07, 6.45) is 4.52. The Morgan fingerprint density at radius 1 is 0.895 bits per heavy atom. The van der Waals surface area contributed by atoms with Gasteiger partial charge in [-0.1, -0.05) is 36.8 Å². The number of rotatable bonds is 11. The summed E-state index contributed by atoms with van der Waals surface area (Å²) in [5.74, 6) is -1.87. The number of anilines is 1. The topological polar surface area (TPSA) is 165 Å². The molecule has 0 radical (unpaired) electrons. The first-order valence-electron chi connectivity index (χ1n) is 20.2. The Hall–Kier alpha value is -5.14. The Morgan fingerprint density at radius 2 is 1.61 bits per heavy atom. The van der Waals surface area contributed by atoms with Gasteiger partial charge in [0.15, 0.2) is 0 Å². The summed E-state index contributed by atoms with van der Waals surface area (Å²) < 4.78 is 35.3. The molecule has 2 heterocycles. The summed E-state index contributed by atoms with van der Waals surface area (Å²) in [7, 11) is 0. The van der Waals surface area contributed by atoms with E-state index in [2.05, 4.69) is 15.6 Å². The van der Waals surface area contributed by atoms with E-state index < -0.39 is 48.9 Å². The second kappa shape index (κ2) is 18.4. The number of fused-ring (bicyclic) bond motifs is 1. The van der Waals surface area contributed by atoms with Gasteiger partial charge in [-0.15, -0.1) is 0 Å². The van der Waals surface area contributed by atoms with Crippen LogP contribution in [0.3, 0.4) is 0 Å². The van der Waals surface area contributed by atoms with Gasteiger partial charge in [-0.05, 0) is 114 Å². The number of amides is 3. The predicted molar refractivity (Wildman–Crippen MR) is 210 cm³/mol. The van der Waals surface area contributed by atoms with Gasteiger partial charge in [0.2, 0.25) is 18.1 Å². The molecule has 1 aliphatic heterocycles. The summed E-state index contributed by atoms with van der Waals surface area (Å²) in [6.45, 7) is 6.36. The van der Waals surface area contributed by atoms with E-state index >= 15 is 0 Å². The lowest BCUT2D eigenvalue weighted by atomic mass is 9.78. The molecule has 4 atom stereocenters. The molecule has 1 unspecified atom stereocenters. The molecular weight excluding hydrogens is 735 g/mol. The molecule has 3 aromatic rings. The molecule has 3 fully saturated rings. The number of carbonyl (C=O) groups is 5. The van der Waals surface area contributed by atoms with E-state index in [-0.39, 0.29) is 41.4 Å². The molecule has 1 saturated heterocycles. The van der Waals surface area contributed by atoms with Crippen LogP contribution in [0.1, 0.15) is 114 Å². The van der Waals surface area contributed by atoms with E-state index in [0.29, 0.717) is 55.2 Å². The van der Waals surface area contributed by atoms with Gasteiger partial charge in [-0.3, -0.25) is 9.59 Å². The zero-order chi connectivity index (χ0) is 40.7. The highest BCUT2D eigenvalue weighted by atomic mass is 19.1. The van der Waals surface area contributed by atoms with Gasteiger partial charge < -0.3 is 39.5 Å². The van der Waals surface area contributed by atoms with Crippen LogP contribution in [0, 0.1) is 11.8 Å². The maximum absolute atomic E-state index is 14.2. The summed E-state index contributed by atoms with van der Waals surface area (Å²) in [5, 5.41) is 6.33. The fourth-order valence-electron chi connectivity index (χ4n) is 8.41. The second-order valence-corrected chi connectivity index (χ2v) is 16.5. The number of H-pyrrole nitrogens is 1. The third-order valence-electron chi connectivity index (χ3n) is 11.2. The van der Waals surface area contributed by atoms with Crippen LogP contribution in [0.4, 0.5) is 19.7 Å². The number of nitrogens with zero attached hydrogens (tertiary/aromatic N) is 1. The molecule has 1 aromatic heterocycles. The minimum absolute atomic E-state index is 0.103. The molecular formula is C43H55FN4O9. The van der Waals surface area contributed by atoms with Crippen molar-refractivity contribution in [2.45, 2.75) is 128 Å². The van der Waals surface area contributed by atoms with Crippen LogP contribution in [-0.4, -0.2) is 83.2 Å². The first kappa shape index (κ1) is 41.5. The Bertz CT molecular complexity index is 1880. The minimum Gasteiger partial charge on any atom is -0.444 e. The number of benzene rings is 2. The van der Waals surface area contributed by atoms with E-state index in [1.165, 1.54) is 6.92 Å². The standard InChI is InChI=1S/C43H55FN4O9/c1-26(55-42(53)56-32-13-9-6-10-14-32)54-40(51)35-24-30-23-31(19-20-34(30)46-35)45-38(49)37-33(27-11-7-5-8-12-27)21-22-48(37)39(50)29-17-15-28(16-18-29)36(25-44)47-41(52)57-43(2,3)4/h5,7-8,11-12,19-20,23-24,26,28-29,32-33,36-37,46H,6,9-10,13-18,21-22,25H2,1-4H3,(H,45,49)(H,47,52)/t26?,28?,29?,33-,36-,37-/m1/s1. The van der Waals surface area contributed by atoms with Crippen molar-refractivity contribution in [2.75, 3.05) is 18.5 Å². The number of aromatic amines is 1. The predicted octanol–water partition coefficient (Wildman–Crippen LogP) is 8.15. The molecule has 6 rings (SSSR count). The van der Waals surface area contributed by atoms with Crippen LogP contribution in [0.5, 0.6) is 0 Å². The summed E-state index contributed by atoms with van der Waals surface area (Å²) >= 11 is 0. The number of aromatic nitrogens is 1. The summed E-state index contributed by atoms with van der Waals surface area (Å²) in [5.41, 5.74) is 1.49. The molecule has 0 bridgehead atoms. The Morgan fingerprint density at radius 3 is 2.30 bits per heavy atom. The van der Waals surface area contributed by atoms with Gasteiger partial charge in [0, 0.05) is 41.9 Å². The smallest absolute Gasteiger partial charge is 0.444 e. The number of alkyl halides is 1. The van der Waals surface area contributed by atoms with Crippen molar-refractivity contribution in [1.29, 1.82) is 0 Å². The maximum atomic E-state index is 14.2. The van der Waals surface area contributed by atoms with Gasteiger partial charge in [0.1, 0.15) is 30.1 Å². The van der Waals surface area contributed by atoms with Crippen LogP contribution in [-0.2, 0) is 28.5 Å². The largest absolute Gasteiger partial charge is 0.511 e. The summed E-state index contributed by atoms with van der Waals surface area (Å²) in [4.78, 5) is 70.7. The number of hydrogen-bond donors (Lipinski definition) is 3. The number of alkyl carbamates (subject to hydrolysis) is 1. The molecule has 2 saturated carbocycles. The molecule has 13 nitrogen and oxygen atoms in total. The van der Waals surface area contributed by atoms with Crippen molar-refractivity contribution in [3.63, 3.8) is 0 Å². The van der Waals surface area contributed by atoms with Crippen molar-refractivity contribution in [3.8, 4) is 0 Å². The Kier molecular flexibility index (Phi) is 13.4. The molecule has 2 aromatic carbocycles. The van der Waals surface area contributed by atoms with E-state index in [1.807, 2.05) is 30.3 Å². The zero-order valence-corrected chi connectivity index (χ0v) is 33.2. The SMILES string of the molecule is CC(OC(=O)OC1CCCCC1)OC(=O)c1cc2cc(NC(=O)[C@H]3[C@@H](c4ccccc4)CCN3C(=O)C3CCC([C@@H](CF)NC(=O)OC(C)(C)C)CC3)ccc2[nH]1. The lowest BCUT2D eigenvalue weighted by Crippen LogP contribution is -2.49. The van der Waals surface area contributed by atoms with E-state index in [0.717, 1.165) is 37.7 Å². The van der Waals surface area contributed by atoms with E-state index in [1.54, 1.807) is 49.9 Å². The number of carbonyl (C=O) groups excluding carboxylic acids is 5. The molecule has 0 spiro atoms. The average Bonchev–Trinajstić information content (AvgIpc) is 3.82. The van der Waals surface area contributed by atoms with E-state index in [4.69, 9.17) is 18.9 Å². The Balaban J connectivity index is 1.09. The zero-order valence-electron chi connectivity index (χ0n) is 33.2. The molecule has 2 aliphatic carbocycles. The number of ether oxygens (including phenoxy) is 4. The first-order chi connectivity index (χ1) is 27.3.